The SMILES string of the molecule is O=C1N[C@@H](Cc2ccc3[nH]cc(CCCN4CCN(CCc5ccc(F)c(F)c5)CC4)c3c2)CO1. The van der Waals surface area contributed by atoms with E-state index in [0.29, 0.717) is 6.61 Å². The van der Waals surface area contributed by atoms with Crippen LogP contribution in [-0.4, -0.2) is 72.8 Å². The first-order chi connectivity index (χ1) is 17.0. The number of aryl methyl sites for hydroxylation is 1. The molecule has 6 nitrogen and oxygen atoms in total. The predicted molar refractivity (Wildman–Crippen MR) is 132 cm³/mol. The van der Waals surface area contributed by atoms with Crippen molar-refractivity contribution in [2.45, 2.75) is 31.7 Å². The van der Waals surface area contributed by atoms with Gasteiger partial charge in [0, 0.05) is 49.8 Å². The van der Waals surface area contributed by atoms with E-state index in [9.17, 15) is 13.6 Å². The molecule has 186 valence electrons. The van der Waals surface area contributed by atoms with Gasteiger partial charge in [-0.25, -0.2) is 13.6 Å². The maximum Gasteiger partial charge on any atom is 0.407 e. The molecule has 2 aliphatic heterocycles. The van der Waals surface area contributed by atoms with Gasteiger partial charge in [-0.15, -0.1) is 0 Å². The van der Waals surface area contributed by atoms with Gasteiger partial charge in [-0.05, 0) is 73.2 Å². The Labute approximate surface area is 204 Å². The fraction of sp³-hybridized carbons (Fsp3) is 0.444. The number of rotatable bonds is 9. The maximum absolute atomic E-state index is 13.4. The van der Waals surface area contributed by atoms with Gasteiger partial charge in [-0.1, -0.05) is 12.1 Å². The topological polar surface area (TPSA) is 60.6 Å². The van der Waals surface area contributed by atoms with Crippen molar-refractivity contribution in [2.24, 2.45) is 0 Å². The minimum atomic E-state index is -0.787. The molecule has 2 fully saturated rings. The summed E-state index contributed by atoms with van der Waals surface area (Å²) in [6.07, 6.45) is 5.40. The number of H-pyrrole nitrogens is 1. The lowest BCUT2D eigenvalue weighted by atomic mass is 10.0. The zero-order valence-electron chi connectivity index (χ0n) is 19.9. The summed E-state index contributed by atoms with van der Waals surface area (Å²) in [5.41, 5.74) is 4.52. The highest BCUT2D eigenvalue weighted by atomic mass is 19.2. The second-order valence-corrected chi connectivity index (χ2v) is 9.62. The van der Waals surface area contributed by atoms with E-state index >= 15 is 0 Å². The smallest absolute Gasteiger partial charge is 0.407 e. The molecule has 0 spiro atoms. The van der Waals surface area contributed by atoms with Gasteiger partial charge in [0.2, 0.25) is 0 Å². The van der Waals surface area contributed by atoms with Gasteiger partial charge in [0.25, 0.3) is 0 Å². The number of aromatic amines is 1. The molecule has 2 N–H and O–H groups in total. The molecule has 1 aromatic heterocycles. The fourth-order valence-corrected chi connectivity index (χ4v) is 5.09. The Bertz CT molecular complexity index is 1170. The number of fused-ring (bicyclic) bond motifs is 1. The molecule has 3 heterocycles. The molecule has 0 bridgehead atoms. The Morgan fingerprint density at radius 2 is 1.69 bits per heavy atom. The first-order valence-electron chi connectivity index (χ1n) is 12.4. The van der Waals surface area contributed by atoms with Crippen LogP contribution in [0.4, 0.5) is 13.6 Å². The van der Waals surface area contributed by atoms with Crippen molar-refractivity contribution in [3.05, 3.63) is 70.9 Å². The van der Waals surface area contributed by atoms with Gasteiger partial charge in [-0.3, -0.25) is 0 Å². The van der Waals surface area contributed by atoms with Crippen molar-refractivity contribution >= 4 is 17.0 Å². The quantitative estimate of drug-likeness (QED) is 0.486. The summed E-state index contributed by atoms with van der Waals surface area (Å²) in [6, 6.07) is 10.7. The minimum absolute atomic E-state index is 0.0397. The Morgan fingerprint density at radius 1 is 0.914 bits per heavy atom. The number of aromatic nitrogens is 1. The largest absolute Gasteiger partial charge is 0.447 e. The molecule has 0 saturated carbocycles. The van der Waals surface area contributed by atoms with Crippen LogP contribution in [0.25, 0.3) is 10.9 Å². The Kier molecular flexibility index (Phi) is 7.29. The number of halogens is 2. The standard InChI is InChI=1S/C27H32F2N4O2/c28-24-5-3-19(16-25(24)29)7-9-33-12-10-32(11-13-33)8-1-2-21-17-30-26-6-4-20(15-23(21)26)14-22-18-35-27(34)31-22/h3-6,15-17,22,30H,1-2,7-14,18H2,(H,31,34)/t22-/m0/s1. The van der Waals surface area contributed by atoms with Crippen molar-refractivity contribution in [1.29, 1.82) is 0 Å². The Morgan fingerprint density at radius 3 is 2.43 bits per heavy atom. The lowest BCUT2D eigenvalue weighted by molar-refractivity contribution is 0.132. The second-order valence-electron chi connectivity index (χ2n) is 9.62. The van der Waals surface area contributed by atoms with Crippen LogP contribution >= 0.6 is 0 Å². The van der Waals surface area contributed by atoms with Crippen LogP contribution in [0.5, 0.6) is 0 Å². The van der Waals surface area contributed by atoms with Crippen molar-refractivity contribution in [3.8, 4) is 0 Å². The highest BCUT2D eigenvalue weighted by molar-refractivity contribution is 5.84. The zero-order valence-corrected chi connectivity index (χ0v) is 19.9. The molecule has 0 radical (unpaired) electrons. The van der Waals surface area contributed by atoms with Crippen molar-refractivity contribution in [3.63, 3.8) is 0 Å². The van der Waals surface area contributed by atoms with Crippen molar-refractivity contribution in [2.75, 3.05) is 45.9 Å². The number of nitrogens with zero attached hydrogens (tertiary/aromatic N) is 2. The molecule has 1 atom stereocenters. The summed E-state index contributed by atoms with van der Waals surface area (Å²) in [6.45, 7) is 6.43. The minimum Gasteiger partial charge on any atom is -0.447 e. The number of carbonyl (C=O) groups is 1. The van der Waals surface area contributed by atoms with Gasteiger partial charge in [-0.2, -0.15) is 0 Å². The normalized spacial score (nSPS) is 19.3. The highest BCUT2D eigenvalue weighted by Gasteiger charge is 2.22. The van der Waals surface area contributed by atoms with Gasteiger partial charge in [0.05, 0.1) is 6.04 Å². The first-order valence-corrected chi connectivity index (χ1v) is 12.4. The van der Waals surface area contributed by atoms with Crippen molar-refractivity contribution in [1.82, 2.24) is 20.1 Å². The molecular formula is C27H32F2N4O2. The third-order valence-electron chi connectivity index (χ3n) is 7.14. The number of cyclic esters (lactones) is 1. The Hall–Kier alpha value is -2.97. The van der Waals surface area contributed by atoms with E-state index in [-0.39, 0.29) is 12.1 Å². The van der Waals surface area contributed by atoms with E-state index in [1.807, 2.05) is 0 Å². The summed E-state index contributed by atoms with van der Waals surface area (Å²) < 4.78 is 31.5. The van der Waals surface area contributed by atoms with Gasteiger partial charge in [0.1, 0.15) is 6.61 Å². The van der Waals surface area contributed by atoms with Crippen LogP contribution in [0.3, 0.4) is 0 Å². The monoisotopic (exact) mass is 482 g/mol. The number of benzene rings is 2. The number of amides is 1. The molecular weight excluding hydrogens is 450 g/mol. The molecule has 0 unspecified atom stereocenters. The van der Waals surface area contributed by atoms with E-state index in [1.165, 1.54) is 28.6 Å². The summed E-state index contributed by atoms with van der Waals surface area (Å²) in [5.74, 6) is -1.56. The number of carbonyl (C=O) groups excluding carboxylic acids is 1. The second kappa shape index (κ2) is 10.7. The van der Waals surface area contributed by atoms with Crippen LogP contribution < -0.4 is 5.32 Å². The number of nitrogens with one attached hydrogen (secondary N) is 2. The lowest BCUT2D eigenvalue weighted by Crippen LogP contribution is -2.47. The lowest BCUT2D eigenvalue weighted by Gasteiger charge is -2.34. The molecule has 35 heavy (non-hydrogen) atoms. The molecule has 5 rings (SSSR count). The number of hydrogen-bond acceptors (Lipinski definition) is 4. The molecule has 8 heteroatoms. The predicted octanol–water partition coefficient (Wildman–Crippen LogP) is 3.89. The molecule has 1 amide bonds. The maximum atomic E-state index is 13.4. The van der Waals surface area contributed by atoms with E-state index in [1.54, 1.807) is 6.07 Å². The average molecular weight is 483 g/mol. The highest BCUT2D eigenvalue weighted by Crippen LogP contribution is 2.23. The summed E-state index contributed by atoms with van der Waals surface area (Å²) in [4.78, 5) is 19.6. The van der Waals surface area contributed by atoms with Gasteiger partial charge >= 0.3 is 6.09 Å². The first kappa shape index (κ1) is 23.8. The number of piperazine rings is 1. The van der Waals surface area contributed by atoms with Gasteiger partial charge < -0.3 is 24.8 Å². The van der Waals surface area contributed by atoms with Crippen LogP contribution in [0.15, 0.2) is 42.6 Å². The third-order valence-corrected chi connectivity index (χ3v) is 7.14. The molecule has 2 saturated heterocycles. The van der Waals surface area contributed by atoms with E-state index in [2.05, 4.69) is 44.5 Å². The van der Waals surface area contributed by atoms with E-state index < -0.39 is 11.6 Å². The van der Waals surface area contributed by atoms with Crippen LogP contribution in [0.2, 0.25) is 0 Å². The number of ether oxygens (including phenoxy) is 1. The summed E-state index contributed by atoms with van der Waals surface area (Å²) in [7, 11) is 0. The van der Waals surface area contributed by atoms with Crippen LogP contribution in [0, 0.1) is 11.6 Å². The average Bonchev–Trinajstić information content (AvgIpc) is 3.46. The van der Waals surface area contributed by atoms with E-state index in [4.69, 9.17) is 4.74 Å². The van der Waals surface area contributed by atoms with E-state index in [0.717, 1.165) is 76.0 Å². The molecule has 3 aromatic rings. The fourth-order valence-electron chi connectivity index (χ4n) is 5.09. The van der Waals surface area contributed by atoms with Crippen molar-refractivity contribution < 1.29 is 18.3 Å². The van der Waals surface area contributed by atoms with Gasteiger partial charge in [0.15, 0.2) is 11.6 Å². The summed E-state index contributed by atoms with van der Waals surface area (Å²) >= 11 is 0. The van der Waals surface area contributed by atoms with Crippen LogP contribution in [-0.2, 0) is 24.0 Å². The summed E-state index contributed by atoms with van der Waals surface area (Å²) in [5, 5.41) is 4.11. The zero-order chi connectivity index (χ0) is 24.2. The molecule has 2 aromatic carbocycles. The third kappa shape index (κ3) is 6.00. The molecule has 0 aliphatic carbocycles. The molecule has 2 aliphatic rings. The number of alkyl carbamates (subject to hydrolysis) is 1. The van der Waals surface area contributed by atoms with Crippen LogP contribution in [0.1, 0.15) is 23.1 Å². The Balaban J connectivity index is 1.06. The number of hydrogen-bond donors (Lipinski definition) is 2.